The Morgan fingerprint density at radius 2 is 1.95 bits per heavy atom. The number of aliphatic hydroxyl groups excluding tert-OH is 1. The summed E-state index contributed by atoms with van der Waals surface area (Å²) in [6.07, 6.45) is 3.45. The van der Waals surface area contributed by atoms with Gasteiger partial charge in [0.2, 0.25) is 5.95 Å². The van der Waals surface area contributed by atoms with Gasteiger partial charge in [-0.25, -0.2) is 4.98 Å². The Labute approximate surface area is 112 Å². The number of aliphatic hydroxyl groups is 1. The van der Waals surface area contributed by atoms with Gasteiger partial charge in [0.1, 0.15) is 5.82 Å². The van der Waals surface area contributed by atoms with Crippen LogP contribution in [0.3, 0.4) is 0 Å². The molecule has 0 spiro atoms. The summed E-state index contributed by atoms with van der Waals surface area (Å²) in [4.78, 5) is 12.7. The Bertz CT molecular complexity index is 518. The molecule has 0 fully saturated rings. The van der Waals surface area contributed by atoms with Crippen molar-refractivity contribution in [2.24, 2.45) is 0 Å². The third kappa shape index (κ3) is 3.62. The number of nitrogens with zero attached hydrogens (tertiary/aromatic N) is 3. The minimum absolute atomic E-state index is 0.0411. The summed E-state index contributed by atoms with van der Waals surface area (Å²) < 4.78 is 0. The molecule has 0 saturated carbocycles. The topological polar surface area (TPSA) is 83.0 Å². The lowest BCUT2D eigenvalue weighted by molar-refractivity contribution is 0.311. The van der Waals surface area contributed by atoms with Crippen LogP contribution in [0.5, 0.6) is 0 Å². The second-order valence-corrected chi connectivity index (χ2v) is 3.88. The van der Waals surface area contributed by atoms with Crippen molar-refractivity contribution < 1.29 is 5.11 Å². The smallest absolute Gasteiger partial charge is 0.225 e. The lowest BCUT2D eigenvalue weighted by Gasteiger charge is -2.09. The summed E-state index contributed by atoms with van der Waals surface area (Å²) in [5.74, 6) is 1.25. The number of hydrogen-bond acceptors (Lipinski definition) is 6. The van der Waals surface area contributed by atoms with E-state index in [0.717, 1.165) is 23.6 Å². The number of aromatic nitrogens is 3. The predicted molar refractivity (Wildman–Crippen MR) is 75.0 cm³/mol. The van der Waals surface area contributed by atoms with Crippen molar-refractivity contribution in [2.75, 3.05) is 30.3 Å². The molecule has 0 aliphatic rings. The van der Waals surface area contributed by atoms with Crippen molar-refractivity contribution in [3.05, 3.63) is 30.6 Å². The summed E-state index contributed by atoms with van der Waals surface area (Å²) in [7, 11) is 0. The molecule has 0 aliphatic heterocycles. The van der Waals surface area contributed by atoms with E-state index in [1.54, 1.807) is 12.4 Å². The summed E-state index contributed by atoms with van der Waals surface area (Å²) in [5.41, 5.74) is 1.79. The molecule has 2 aromatic rings. The zero-order valence-electron chi connectivity index (χ0n) is 10.8. The van der Waals surface area contributed by atoms with E-state index in [0.29, 0.717) is 12.5 Å². The van der Waals surface area contributed by atoms with Gasteiger partial charge in [-0.1, -0.05) is 0 Å². The SMILES string of the molecule is CCNc1cc(-c2ccncc2)nc(NCCO)n1. The number of anilines is 2. The van der Waals surface area contributed by atoms with E-state index >= 15 is 0 Å². The van der Waals surface area contributed by atoms with E-state index in [9.17, 15) is 0 Å². The fourth-order valence-electron chi connectivity index (χ4n) is 1.64. The summed E-state index contributed by atoms with van der Waals surface area (Å²) >= 11 is 0. The van der Waals surface area contributed by atoms with Gasteiger partial charge < -0.3 is 15.7 Å². The van der Waals surface area contributed by atoms with Gasteiger partial charge in [-0.2, -0.15) is 4.98 Å². The maximum absolute atomic E-state index is 8.84. The maximum atomic E-state index is 8.84. The highest BCUT2D eigenvalue weighted by atomic mass is 16.3. The van der Waals surface area contributed by atoms with Crippen LogP contribution in [0.2, 0.25) is 0 Å². The van der Waals surface area contributed by atoms with E-state index in [-0.39, 0.29) is 6.61 Å². The summed E-state index contributed by atoms with van der Waals surface area (Å²) in [6.45, 7) is 3.26. The molecule has 0 aromatic carbocycles. The van der Waals surface area contributed by atoms with Crippen molar-refractivity contribution >= 4 is 11.8 Å². The molecule has 2 heterocycles. The molecule has 0 unspecified atom stereocenters. The van der Waals surface area contributed by atoms with Gasteiger partial charge in [-0.15, -0.1) is 0 Å². The van der Waals surface area contributed by atoms with Gasteiger partial charge in [0.15, 0.2) is 0 Å². The molecule has 6 nitrogen and oxygen atoms in total. The van der Waals surface area contributed by atoms with Crippen LogP contribution in [0.15, 0.2) is 30.6 Å². The second kappa shape index (κ2) is 6.65. The quantitative estimate of drug-likeness (QED) is 0.727. The lowest BCUT2D eigenvalue weighted by Crippen LogP contribution is -2.10. The van der Waals surface area contributed by atoms with E-state index in [1.807, 2.05) is 25.1 Å². The Morgan fingerprint density at radius 1 is 1.16 bits per heavy atom. The zero-order chi connectivity index (χ0) is 13.5. The molecule has 0 aliphatic carbocycles. The van der Waals surface area contributed by atoms with Gasteiger partial charge >= 0.3 is 0 Å². The molecular weight excluding hydrogens is 242 g/mol. The molecule has 0 atom stereocenters. The molecular formula is C13H17N5O. The van der Waals surface area contributed by atoms with Crippen molar-refractivity contribution in [3.8, 4) is 11.3 Å². The summed E-state index contributed by atoms with van der Waals surface area (Å²) in [6, 6.07) is 5.69. The van der Waals surface area contributed by atoms with Gasteiger partial charge in [0.05, 0.1) is 12.3 Å². The molecule has 0 amide bonds. The van der Waals surface area contributed by atoms with Crippen LogP contribution in [0.25, 0.3) is 11.3 Å². The molecule has 3 N–H and O–H groups in total. The Kier molecular flexibility index (Phi) is 4.63. The van der Waals surface area contributed by atoms with Gasteiger partial charge in [0, 0.05) is 37.1 Å². The highest BCUT2D eigenvalue weighted by Gasteiger charge is 2.05. The van der Waals surface area contributed by atoms with Crippen LogP contribution in [0.4, 0.5) is 11.8 Å². The summed E-state index contributed by atoms with van der Waals surface area (Å²) in [5, 5.41) is 15.0. The third-order valence-corrected chi connectivity index (χ3v) is 2.46. The van der Waals surface area contributed by atoms with Crippen molar-refractivity contribution in [1.29, 1.82) is 0 Å². The molecule has 0 radical (unpaired) electrons. The minimum Gasteiger partial charge on any atom is -0.395 e. The zero-order valence-corrected chi connectivity index (χ0v) is 10.8. The van der Waals surface area contributed by atoms with Crippen LogP contribution in [0, 0.1) is 0 Å². The molecule has 100 valence electrons. The van der Waals surface area contributed by atoms with E-state index in [1.165, 1.54) is 0 Å². The fourth-order valence-corrected chi connectivity index (χ4v) is 1.64. The Hall–Kier alpha value is -2.21. The number of nitrogens with one attached hydrogen (secondary N) is 2. The average molecular weight is 259 g/mol. The highest BCUT2D eigenvalue weighted by Crippen LogP contribution is 2.20. The molecule has 6 heteroatoms. The molecule has 2 aromatic heterocycles. The number of pyridine rings is 1. The monoisotopic (exact) mass is 259 g/mol. The van der Waals surface area contributed by atoms with Crippen LogP contribution in [-0.4, -0.2) is 39.8 Å². The number of hydrogen-bond donors (Lipinski definition) is 3. The largest absolute Gasteiger partial charge is 0.395 e. The lowest BCUT2D eigenvalue weighted by atomic mass is 10.2. The van der Waals surface area contributed by atoms with Crippen molar-refractivity contribution in [2.45, 2.75) is 6.92 Å². The average Bonchev–Trinajstić information content (AvgIpc) is 2.46. The van der Waals surface area contributed by atoms with Crippen LogP contribution >= 0.6 is 0 Å². The van der Waals surface area contributed by atoms with Gasteiger partial charge in [-0.05, 0) is 19.1 Å². The van der Waals surface area contributed by atoms with E-state index in [4.69, 9.17) is 5.11 Å². The minimum atomic E-state index is 0.0411. The fraction of sp³-hybridized carbons (Fsp3) is 0.308. The van der Waals surface area contributed by atoms with Crippen molar-refractivity contribution in [1.82, 2.24) is 15.0 Å². The van der Waals surface area contributed by atoms with Gasteiger partial charge in [0.25, 0.3) is 0 Å². The molecule has 0 saturated heterocycles. The van der Waals surface area contributed by atoms with Crippen LogP contribution in [0.1, 0.15) is 6.92 Å². The third-order valence-electron chi connectivity index (χ3n) is 2.46. The highest BCUT2D eigenvalue weighted by molar-refractivity contribution is 5.63. The second-order valence-electron chi connectivity index (χ2n) is 3.88. The first kappa shape index (κ1) is 13.2. The normalized spacial score (nSPS) is 10.2. The Balaban J connectivity index is 2.33. The first-order valence-corrected chi connectivity index (χ1v) is 6.21. The first-order chi connectivity index (χ1) is 9.33. The molecule has 0 bridgehead atoms. The van der Waals surface area contributed by atoms with Gasteiger partial charge in [-0.3, -0.25) is 4.98 Å². The molecule has 19 heavy (non-hydrogen) atoms. The standard InChI is InChI=1S/C13H17N5O/c1-2-15-12-9-11(10-3-5-14-6-4-10)17-13(18-12)16-7-8-19/h3-6,9,19H,2,7-8H2,1H3,(H2,15,16,17,18). The first-order valence-electron chi connectivity index (χ1n) is 6.21. The van der Waals surface area contributed by atoms with E-state index in [2.05, 4.69) is 25.6 Å². The Morgan fingerprint density at radius 3 is 2.63 bits per heavy atom. The van der Waals surface area contributed by atoms with Crippen LogP contribution in [-0.2, 0) is 0 Å². The predicted octanol–water partition coefficient (Wildman–Crippen LogP) is 1.37. The maximum Gasteiger partial charge on any atom is 0.225 e. The number of rotatable bonds is 6. The molecule has 2 rings (SSSR count). The van der Waals surface area contributed by atoms with Crippen LogP contribution < -0.4 is 10.6 Å². The van der Waals surface area contributed by atoms with Crippen molar-refractivity contribution in [3.63, 3.8) is 0 Å². The van der Waals surface area contributed by atoms with E-state index < -0.39 is 0 Å².